The second-order valence-electron chi connectivity index (χ2n) is 7.80. The molecule has 0 aliphatic carbocycles. The average Bonchev–Trinajstić information content (AvgIpc) is 3.08. The summed E-state index contributed by atoms with van der Waals surface area (Å²) in [5.41, 5.74) is 6.57. The van der Waals surface area contributed by atoms with Crippen molar-refractivity contribution in [2.24, 2.45) is 0 Å². The van der Waals surface area contributed by atoms with Gasteiger partial charge in [0.15, 0.2) is 0 Å². The quantitative estimate of drug-likeness (QED) is 0.791. The number of nitrogens with zero attached hydrogens (tertiary/aromatic N) is 4. The van der Waals surface area contributed by atoms with Gasteiger partial charge in [0, 0.05) is 44.1 Å². The highest BCUT2D eigenvalue weighted by atomic mass is 16.5. The maximum Gasteiger partial charge on any atom is 0.340 e. The third kappa shape index (κ3) is 4.03. The molecule has 0 spiro atoms. The Labute approximate surface area is 178 Å². The van der Waals surface area contributed by atoms with E-state index in [4.69, 9.17) is 4.74 Å². The Morgan fingerprint density at radius 3 is 1.90 bits per heavy atom. The Kier molecular flexibility index (Phi) is 5.99. The molecule has 2 aromatic rings. The first-order chi connectivity index (χ1) is 14.6. The van der Waals surface area contributed by atoms with Gasteiger partial charge in [0.2, 0.25) is 0 Å². The maximum absolute atomic E-state index is 12.7. The minimum absolute atomic E-state index is 0.0168. The van der Waals surface area contributed by atoms with Crippen molar-refractivity contribution >= 4 is 23.1 Å². The van der Waals surface area contributed by atoms with E-state index in [1.165, 1.54) is 11.4 Å². The molecule has 4 rings (SSSR count). The third-order valence-corrected chi connectivity index (χ3v) is 5.88. The molecular formula is C23H31N5O2. The van der Waals surface area contributed by atoms with Gasteiger partial charge in [-0.05, 0) is 61.9 Å². The minimum Gasteiger partial charge on any atom is -0.497 e. The molecule has 0 saturated carbocycles. The number of carbonyl (C=O) groups is 1. The molecule has 2 aliphatic heterocycles. The number of hydrogen-bond acceptors (Lipinski definition) is 5. The van der Waals surface area contributed by atoms with Crippen LogP contribution in [-0.4, -0.2) is 56.9 Å². The van der Waals surface area contributed by atoms with Crippen molar-refractivity contribution in [1.82, 2.24) is 10.3 Å². The Balaban J connectivity index is 1.36. The predicted molar refractivity (Wildman–Crippen MR) is 121 cm³/mol. The molecule has 2 aromatic carbocycles. The number of benzene rings is 2. The van der Waals surface area contributed by atoms with E-state index in [9.17, 15) is 4.79 Å². The van der Waals surface area contributed by atoms with Crippen LogP contribution in [0.25, 0.3) is 0 Å². The number of hydrogen-bond donors (Lipinski definition) is 1. The summed E-state index contributed by atoms with van der Waals surface area (Å²) >= 11 is 0. The summed E-state index contributed by atoms with van der Waals surface area (Å²) in [6.07, 6.45) is 0.968. The zero-order chi connectivity index (χ0) is 21.1. The number of amides is 2. The lowest BCUT2D eigenvalue weighted by Crippen LogP contribution is -2.46. The molecule has 1 unspecified atom stereocenters. The van der Waals surface area contributed by atoms with Crippen molar-refractivity contribution in [2.45, 2.75) is 26.4 Å². The zero-order valence-electron chi connectivity index (χ0n) is 18.0. The molecule has 2 fully saturated rings. The standard InChI is InChI=1S/C23H31N5O2/c1-4-13-27-18(2)24-28(23(27)29)21-7-5-19(6-8-21)25-14-16-26(17-15-25)20-9-11-22(30-3)12-10-20/h5-12,18,24H,4,13-17H2,1-3H3. The molecule has 0 aromatic heterocycles. The first kappa shape index (κ1) is 20.3. The van der Waals surface area contributed by atoms with E-state index >= 15 is 0 Å². The van der Waals surface area contributed by atoms with Gasteiger partial charge in [-0.15, -0.1) is 0 Å². The van der Waals surface area contributed by atoms with Crippen molar-refractivity contribution in [1.29, 1.82) is 0 Å². The van der Waals surface area contributed by atoms with Crippen LogP contribution in [-0.2, 0) is 0 Å². The van der Waals surface area contributed by atoms with Crippen LogP contribution < -0.4 is 25.0 Å². The molecule has 30 heavy (non-hydrogen) atoms. The lowest BCUT2D eigenvalue weighted by atomic mass is 10.2. The summed E-state index contributed by atoms with van der Waals surface area (Å²) in [5.74, 6) is 0.885. The van der Waals surface area contributed by atoms with E-state index in [2.05, 4.69) is 46.4 Å². The third-order valence-electron chi connectivity index (χ3n) is 5.88. The van der Waals surface area contributed by atoms with Crippen LogP contribution in [0.2, 0.25) is 0 Å². The molecule has 7 heteroatoms. The summed E-state index contributed by atoms with van der Waals surface area (Å²) in [7, 11) is 1.69. The molecule has 2 heterocycles. The number of hydrazine groups is 1. The van der Waals surface area contributed by atoms with Gasteiger partial charge < -0.3 is 19.4 Å². The largest absolute Gasteiger partial charge is 0.497 e. The molecule has 1 N–H and O–H groups in total. The molecule has 2 saturated heterocycles. The second kappa shape index (κ2) is 8.83. The smallest absolute Gasteiger partial charge is 0.340 e. The van der Waals surface area contributed by atoms with Crippen LogP contribution in [0.15, 0.2) is 48.5 Å². The van der Waals surface area contributed by atoms with Crippen molar-refractivity contribution in [3.8, 4) is 5.75 Å². The lowest BCUT2D eigenvalue weighted by molar-refractivity contribution is 0.206. The van der Waals surface area contributed by atoms with Gasteiger partial charge in [-0.3, -0.25) is 0 Å². The summed E-state index contributed by atoms with van der Waals surface area (Å²) in [5, 5.41) is 1.66. The monoisotopic (exact) mass is 409 g/mol. The molecule has 160 valence electrons. The van der Waals surface area contributed by atoms with Crippen molar-refractivity contribution in [2.75, 3.05) is 54.6 Å². The highest BCUT2D eigenvalue weighted by molar-refractivity contribution is 5.93. The lowest BCUT2D eigenvalue weighted by Gasteiger charge is -2.37. The Morgan fingerprint density at radius 2 is 1.40 bits per heavy atom. The molecule has 1 atom stereocenters. The number of anilines is 3. The van der Waals surface area contributed by atoms with E-state index in [0.717, 1.165) is 50.6 Å². The topological polar surface area (TPSA) is 51.3 Å². The van der Waals surface area contributed by atoms with Crippen LogP contribution in [0, 0.1) is 0 Å². The van der Waals surface area contributed by atoms with E-state index in [-0.39, 0.29) is 12.2 Å². The van der Waals surface area contributed by atoms with Crippen LogP contribution in [0.4, 0.5) is 21.9 Å². The van der Waals surface area contributed by atoms with E-state index in [1.807, 2.05) is 36.1 Å². The van der Waals surface area contributed by atoms with Crippen LogP contribution in [0.1, 0.15) is 20.3 Å². The van der Waals surface area contributed by atoms with Gasteiger partial charge in [-0.1, -0.05) is 6.92 Å². The summed E-state index contributed by atoms with van der Waals surface area (Å²) in [4.78, 5) is 19.3. The number of piperazine rings is 1. The molecule has 2 amide bonds. The van der Waals surface area contributed by atoms with Crippen molar-refractivity contribution < 1.29 is 9.53 Å². The highest BCUT2D eigenvalue weighted by Crippen LogP contribution is 2.26. The van der Waals surface area contributed by atoms with Crippen molar-refractivity contribution in [3.63, 3.8) is 0 Å². The fraction of sp³-hybridized carbons (Fsp3) is 0.435. The van der Waals surface area contributed by atoms with E-state index in [0.29, 0.717) is 0 Å². The first-order valence-electron chi connectivity index (χ1n) is 10.7. The summed E-state index contributed by atoms with van der Waals surface area (Å²) < 4.78 is 5.25. The van der Waals surface area contributed by atoms with E-state index < -0.39 is 0 Å². The Hall–Kier alpha value is -2.93. The Bertz CT molecular complexity index is 847. The summed E-state index contributed by atoms with van der Waals surface area (Å²) in [6, 6.07) is 16.5. The first-order valence-corrected chi connectivity index (χ1v) is 10.7. The number of methoxy groups -OCH3 is 1. The van der Waals surface area contributed by atoms with Gasteiger partial charge in [0.1, 0.15) is 5.75 Å². The maximum atomic E-state index is 12.7. The molecule has 0 radical (unpaired) electrons. The van der Waals surface area contributed by atoms with E-state index in [1.54, 1.807) is 12.1 Å². The number of ether oxygens (including phenoxy) is 1. The molecule has 2 aliphatic rings. The van der Waals surface area contributed by atoms with Gasteiger partial charge >= 0.3 is 6.03 Å². The van der Waals surface area contributed by atoms with Crippen molar-refractivity contribution in [3.05, 3.63) is 48.5 Å². The number of rotatable bonds is 6. The predicted octanol–water partition coefficient (Wildman–Crippen LogP) is 3.52. The molecular weight excluding hydrogens is 378 g/mol. The number of nitrogens with one attached hydrogen (secondary N) is 1. The van der Waals surface area contributed by atoms with Gasteiger partial charge in [-0.2, -0.15) is 0 Å². The minimum atomic E-state index is 0.0168. The SMILES string of the molecule is CCCN1C(=O)N(c2ccc(N3CCN(c4ccc(OC)cc4)CC3)cc2)NC1C. The molecule has 0 bridgehead atoms. The van der Waals surface area contributed by atoms with Gasteiger partial charge in [0.25, 0.3) is 0 Å². The summed E-state index contributed by atoms with van der Waals surface area (Å²) in [6.45, 7) is 8.75. The van der Waals surface area contributed by atoms with Gasteiger partial charge in [0.05, 0.1) is 19.0 Å². The van der Waals surface area contributed by atoms with Gasteiger partial charge in [-0.25, -0.2) is 15.2 Å². The van der Waals surface area contributed by atoms with Crippen LogP contribution >= 0.6 is 0 Å². The zero-order valence-corrected chi connectivity index (χ0v) is 18.0. The highest BCUT2D eigenvalue weighted by Gasteiger charge is 2.34. The van der Waals surface area contributed by atoms with Crippen LogP contribution in [0.3, 0.4) is 0 Å². The Morgan fingerprint density at radius 1 is 0.900 bits per heavy atom. The fourth-order valence-corrected chi connectivity index (χ4v) is 4.15. The fourth-order valence-electron chi connectivity index (χ4n) is 4.15. The average molecular weight is 410 g/mol. The number of urea groups is 1. The molecule has 7 nitrogen and oxygen atoms in total. The van der Waals surface area contributed by atoms with Crippen LogP contribution in [0.5, 0.6) is 5.75 Å². The number of carbonyl (C=O) groups excluding carboxylic acids is 1. The normalized spacial score (nSPS) is 19.6. The second-order valence-corrected chi connectivity index (χ2v) is 7.80.